The van der Waals surface area contributed by atoms with Gasteiger partial charge in [0.25, 0.3) is 0 Å². The largest absolute Gasteiger partial charge is 0.478 e. The highest BCUT2D eigenvalue weighted by Gasteiger charge is 2.03. The molecule has 0 atom stereocenters. The molecule has 5 heteroatoms. The summed E-state index contributed by atoms with van der Waals surface area (Å²) in [6.45, 7) is 1.89. The van der Waals surface area contributed by atoms with Gasteiger partial charge in [0.2, 0.25) is 5.91 Å². The van der Waals surface area contributed by atoms with Crippen LogP contribution in [0.5, 0.6) is 0 Å². The first-order valence-corrected chi connectivity index (χ1v) is 7.22. The van der Waals surface area contributed by atoms with Gasteiger partial charge in [-0.1, -0.05) is 6.07 Å². The maximum absolute atomic E-state index is 11.6. The Kier molecular flexibility index (Phi) is 6.15. The zero-order valence-corrected chi connectivity index (χ0v) is 11.8. The summed E-state index contributed by atoms with van der Waals surface area (Å²) in [5, 5.41) is 11.4. The van der Waals surface area contributed by atoms with Crippen molar-refractivity contribution in [2.24, 2.45) is 0 Å². The summed E-state index contributed by atoms with van der Waals surface area (Å²) in [5.74, 6) is -0.246. The predicted octanol–water partition coefficient (Wildman–Crippen LogP) is 2.78. The maximum Gasteiger partial charge on any atom is 0.328 e. The molecule has 1 amide bonds. The van der Waals surface area contributed by atoms with Gasteiger partial charge in [-0.05, 0) is 42.5 Å². The van der Waals surface area contributed by atoms with Crippen LogP contribution in [0.1, 0.15) is 17.5 Å². The lowest BCUT2D eigenvalue weighted by Gasteiger charge is -2.07. The Balaban J connectivity index is 2.78. The second-order valence-electron chi connectivity index (χ2n) is 4.03. The van der Waals surface area contributed by atoms with Crippen molar-refractivity contribution < 1.29 is 14.7 Å². The Hall–Kier alpha value is -1.75. The van der Waals surface area contributed by atoms with E-state index in [0.717, 1.165) is 23.0 Å². The van der Waals surface area contributed by atoms with Crippen LogP contribution in [0.4, 0.5) is 5.69 Å². The van der Waals surface area contributed by atoms with Crippen molar-refractivity contribution in [3.8, 4) is 0 Å². The van der Waals surface area contributed by atoms with E-state index in [1.807, 2.05) is 25.3 Å². The van der Waals surface area contributed by atoms with E-state index in [1.165, 1.54) is 6.08 Å². The lowest BCUT2D eigenvalue weighted by Crippen LogP contribution is -2.12. The van der Waals surface area contributed by atoms with Gasteiger partial charge in [-0.25, -0.2) is 4.79 Å². The molecular formula is C14H17NO3S. The van der Waals surface area contributed by atoms with E-state index in [9.17, 15) is 9.59 Å². The molecular weight excluding hydrogens is 262 g/mol. The van der Waals surface area contributed by atoms with Gasteiger partial charge in [0.15, 0.2) is 0 Å². The molecule has 0 radical (unpaired) electrons. The smallest absolute Gasteiger partial charge is 0.328 e. The van der Waals surface area contributed by atoms with Crippen LogP contribution < -0.4 is 5.32 Å². The van der Waals surface area contributed by atoms with Gasteiger partial charge in [0, 0.05) is 23.9 Å². The van der Waals surface area contributed by atoms with Crippen molar-refractivity contribution in [2.75, 3.05) is 17.3 Å². The molecule has 19 heavy (non-hydrogen) atoms. The van der Waals surface area contributed by atoms with Crippen molar-refractivity contribution in [3.63, 3.8) is 0 Å². The molecule has 0 saturated carbocycles. The number of carbonyl (C=O) groups excluding carboxylic acids is 1. The van der Waals surface area contributed by atoms with Crippen molar-refractivity contribution >= 4 is 35.4 Å². The fraction of sp³-hybridized carbons (Fsp3) is 0.286. The molecule has 1 aromatic carbocycles. The van der Waals surface area contributed by atoms with Gasteiger partial charge >= 0.3 is 5.97 Å². The van der Waals surface area contributed by atoms with Crippen LogP contribution in [0.2, 0.25) is 0 Å². The molecule has 0 aromatic heterocycles. The van der Waals surface area contributed by atoms with Gasteiger partial charge in [-0.15, -0.1) is 0 Å². The molecule has 0 bridgehead atoms. The Morgan fingerprint density at radius 1 is 1.42 bits per heavy atom. The number of rotatable bonds is 6. The minimum Gasteiger partial charge on any atom is -0.478 e. The van der Waals surface area contributed by atoms with Crippen molar-refractivity contribution in [1.82, 2.24) is 0 Å². The Morgan fingerprint density at radius 3 is 2.79 bits per heavy atom. The average molecular weight is 279 g/mol. The molecule has 0 unspecified atom stereocenters. The van der Waals surface area contributed by atoms with Gasteiger partial charge in [-0.3, -0.25) is 4.79 Å². The number of hydrogen-bond acceptors (Lipinski definition) is 3. The molecule has 4 nitrogen and oxygen atoms in total. The molecule has 1 aromatic rings. The summed E-state index contributed by atoms with van der Waals surface area (Å²) in [6.07, 6.45) is 5.03. The third-order valence-electron chi connectivity index (χ3n) is 2.50. The number of carbonyl (C=O) groups is 2. The van der Waals surface area contributed by atoms with Gasteiger partial charge in [-0.2, -0.15) is 11.8 Å². The van der Waals surface area contributed by atoms with E-state index in [-0.39, 0.29) is 5.91 Å². The number of carboxylic acids is 1. The number of amides is 1. The van der Waals surface area contributed by atoms with E-state index in [2.05, 4.69) is 5.32 Å². The third kappa shape index (κ3) is 5.61. The van der Waals surface area contributed by atoms with E-state index in [1.54, 1.807) is 17.8 Å². The van der Waals surface area contributed by atoms with Crippen LogP contribution in [0, 0.1) is 6.92 Å². The quantitative estimate of drug-likeness (QED) is 0.786. The Bertz CT molecular complexity index is 497. The number of thioether (sulfide) groups is 1. The SMILES string of the molecule is CSCCC(=O)Nc1ccc(C)c(C=CC(=O)O)c1. The third-order valence-corrected chi connectivity index (χ3v) is 3.11. The van der Waals surface area contributed by atoms with E-state index < -0.39 is 5.97 Å². The van der Waals surface area contributed by atoms with Crippen LogP contribution in [0.15, 0.2) is 24.3 Å². The minimum atomic E-state index is -0.992. The lowest BCUT2D eigenvalue weighted by molar-refractivity contribution is -0.131. The fourth-order valence-corrected chi connectivity index (χ4v) is 1.87. The molecule has 2 N–H and O–H groups in total. The zero-order chi connectivity index (χ0) is 14.3. The summed E-state index contributed by atoms with van der Waals surface area (Å²) in [4.78, 5) is 22.1. The number of hydrogen-bond donors (Lipinski definition) is 2. The summed E-state index contributed by atoms with van der Waals surface area (Å²) >= 11 is 1.62. The number of nitrogens with one attached hydrogen (secondary N) is 1. The Morgan fingerprint density at radius 2 is 2.16 bits per heavy atom. The standard InChI is InChI=1S/C14H17NO3S/c1-10-3-5-12(15-13(16)7-8-19-2)9-11(10)4-6-14(17)18/h3-6,9H,7-8H2,1-2H3,(H,15,16)(H,17,18). The van der Waals surface area contributed by atoms with Crippen molar-refractivity contribution in [1.29, 1.82) is 0 Å². The zero-order valence-electron chi connectivity index (χ0n) is 11.0. The highest BCUT2D eigenvalue weighted by molar-refractivity contribution is 7.98. The maximum atomic E-state index is 11.6. The summed E-state index contributed by atoms with van der Waals surface area (Å²) in [7, 11) is 0. The second kappa shape index (κ2) is 7.63. The average Bonchev–Trinajstić information content (AvgIpc) is 2.37. The molecule has 0 aliphatic rings. The molecule has 1 rings (SSSR count). The summed E-state index contributed by atoms with van der Waals surface area (Å²) in [6, 6.07) is 5.43. The molecule has 0 aliphatic carbocycles. The number of anilines is 1. The number of carboxylic acid groups (broad SMARTS) is 1. The molecule has 0 heterocycles. The number of aryl methyl sites for hydroxylation is 1. The summed E-state index contributed by atoms with van der Waals surface area (Å²) in [5.41, 5.74) is 2.42. The first kappa shape index (κ1) is 15.3. The van der Waals surface area contributed by atoms with Crippen molar-refractivity contribution in [3.05, 3.63) is 35.4 Å². The fourth-order valence-electron chi connectivity index (χ4n) is 1.48. The highest BCUT2D eigenvalue weighted by Crippen LogP contribution is 2.17. The number of benzene rings is 1. The van der Waals surface area contributed by atoms with Crippen LogP contribution in [0.3, 0.4) is 0 Å². The van der Waals surface area contributed by atoms with E-state index >= 15 is 0 Å². The molecule has 0 fully saturated rings. The van der Waals surface area contributed by atoms with E-state index in [0.29, 0.717) is 12.1 Å². The normalized spacial score (nSPS) is 10.6. The second-order valence-corrected chi connectivity index (χ2v) is 5.02. The first-order valence-electron chi connectivity index (χ1n) is 5.83. The molecule has 0 saturated heterocycles. The van der Waals surface area contributed by atoms with Crippen LogP contribution in [-0.2, 0) is 9.59 Å². The minimum absolute atomic E-state index is 0.0358. The Labute approximate surface area is 116 Å². The first-order chi connectivity index (χ1) is 9.02. The number of aliphatic carboxylic acids is 1. The topological polar surface area (TPSA) is 66.4 Å². The van der Waals surface area contributed by atoms with Gasteiger partial charge in [0.05, 0.1) is 0 Å². The van der Waals surface area contributed by atoms with Crippen LogP contribution in [-0.4, -0.2) is 29.0 Å². The van der Waals surface area contributed by atoms with Crippen LogP contribution in [0.25, 0.3) is 6.08 Å². The predicted molar refractivity (Wildman–Crippen MR) is 79.5 cm³/mol. The van der Waals surface area contributed by atoms with Crippen molar-refractivity contribution in [2.45, 2.75) is 13.3 Å². The van der Waals surface area contributed by atoms with E-state index in [4.69, 9.17) is 5.11 Å². The highest BCUT2D eigenvalue weighted by atomic mass is 32.2. The summed E-state index contributed by atoms with van der Waals surface area (Å²) < 4.78 is 0. The molecule has 0 aliphatic heterocycles. The molecule has 0 spiro atoms. The van der Waals surface area contributed by atoms with Crippen LogP contribution >= 0.6 is 11.8 Å². The monoisotopic (exact) mass is 279 g/mol. The molecule has 102 valence electrons. The lowest BCUT2D eigenvalue weighted by atomic mass is 10.1. The van der Waals surface area contributed by atoms with Gasteiger partial charge < -0.3 is 10.4 Å². The van der Waals surface area contributed by atoms with Gasteiger partial charge in [0.1, 0.15) is 0 Å².